The SMILES string of the molecule is CC(C)Cn1cc(-c2ccnc(N(C(=O)C(C)(C)C(=O)C(C)C)C(C)C)n2)c(-c2ccc(F)cc2)n1. The van der Waals surface area contributed by atoms with E-state index in [9.17, 15) is 14.0 Å². The van der Waals surface area contributed by atoms with Crippen LogP contribution in [0.4, 0.5) is 10.3 Å². The number of aromatic nitrogens is 4. The summed E-state index contributed by atoms with van der Waals surface area (Å²) in [5, 5.41) is 4.76. The van der Waals surface area contributed by atoms with Crippen molar-refractivity contribution in [2.24, 2.45) is 17.3 Å². The van der Waals surface area contributed by atoms with Gasteiger partial charge in [0, 0.05) is 42.0 Å². The lowest BCUT2D eigenvalue weighted by atomic mass is 9.81. The first-order chi connectivity index (χ1) is 16.8. The van der Waals surface area contributed by atoms with Gasteiger partial charge in [-0.1, -0.05) is 27.7 Å². The summed E-state index contributed by atoms with van der Waals surface area (Å²) in [6.45, 7) is 15.5. The summed E-state index contributed by atoms with van der Waals surface area (Å²) in [6.07, 6.45) is 3.52. The summed E-state index contributed by atoms with van der Waals surface area (Å²) in [6, 6.07) is 7.67. The van der Waals surface area contributed by atoms with Crippen molar-refractivity contribution in [1.29, 1.82) is 0 Å². The van der Waals surface area contributed by atoms with E-state index >= 15 is 0 Å². The number of ketones is 1. The Morgan fingerprint density at radius 1 is 1.03 bits per heavy atom. The Labute approximate surface area is 212 Å². The Morgan fingerprint density at radius 2 is 1.67 bits per heavy atom. The van der Waals surface area contributed by atoms with Crippen LogP contribution in [0.5, 0.6) is 0 Å². The highest BCUT2D eigenvalue weighted by Crippen LogP contribution is 2.32. The number of hydrogen-bond donors (Lipinski definition) is 0. The second-order valence-corrected chi connectivity index (χ2v) is 10.7. The van der Waals surface area contributed by atoms with Gasteiger partial charge in [-0.2, -0.15) is 5.10 Å². The molecule has 0 aliphatic rings. The lowest BCUT2D eigenvalue weighted by Gasteiger charge is -2.33. The molecule has 3 rings (SSSR count). The van der Waals surface area contributed by atoms with Gasteiger partial charge in [0.25, 0.3) is 0 Å². The number of halogens is 1. The lowest BCUT2D eigenvalue weighted by Crippen LogP contribution is -2.50. The molecule has 192 valence electrons. The first kappa shape index (κ1) is 27.2. The Balaban J connectivity index is 2.11. The third-order valence-corrected chi connectivity index (χ3v) is 5.98. The number of carbonyl (C=O) groups is 2. The zero-order chi connectivity index (χ0) is 26.8. The monoisotopic (exact) mass is 493 g/mol. The Hall–Kier alpha value is -3.42. The number of amides is 1. The third kappa shape index (κ3) is 5.69. The molecule has 36 heavy (non-hydrogen) atoms. The van der Waals surface area contributed by atoms with E-state index in [1.807, 2.05) is 24.7 Å². The maximum atomic E-state index is 13.6. The van der Waals surface area contributed by atoms with Gasteiger partial charge in [0.1, 0.15) is 22.7 Å². The highest BCUT2D eigenvalue weighted by molar-refractivity contribution is 6.11. The van der Waals surface area contributed by atoms with E-state index in [0.29, 0.717) is 23.9 Å². The van der Waals surface area contributed by atoms with Gasteiger partial charge < -0.3 is 0 Å². The number of hydrogen-bond acceptors (Lipinski definition) is 5. The quantitative estimate of drug-likeness (QED) is 0.352. The molecular weight excluding hydrogens is 457 g/mol. The second-order valence-electron chi connectivity index (χ2n) is 10.7. The Bertz CT molecular complexity index is 1230. The highest BCUT2D eigenvalue weighted by atomic mass is 19.1. The first-order valence-electron chi connectivity index (χ1n) is 12.4. The van der Waals surface area contributed by atoms with Crippen LogP contribution in [0.1, 0.15) is 55.4 Å². The second kappa shape index (κ2) is 10.7. The molecule has 8 heteroatoms. The number of anilines is 1. The molecule has 0 fully saturated rings. The van der Waals surface area contributed by atoms with Crippen LogP contribution in [-0.2, 0) is 16.1 Å². The number of Topliss-reactive ketones (excluding diaryl/α,β-unsaturated/α-hetero) is 1. The van der Waals surface area contributed by atoms with Gasteiger partial charge in [0.2, 0.25) is 11.9 Å². The molecule has 0 saturated heterocycles. The molecular formula is C28H36FN5O2. The molecule has 0 aliphatic carbocycles. The Morgan fingerprint density at radius 3 is 2.22 bits per heavy atom. The maximum absolute atomic E-state index is 13.6. The summed E-state index contributed by atoms with van der Waals surface area (Å²) in [5.41, 5.74) is 1.53. The van der Waals surface area contributed by atoms with Gasteiger partial charge in [-0.15, -0.1) is 0 Å². The van der Waals surface area contributed by atoms with Crippen LogP contribution in [0.15, 0.2) is 42.7 Å². The first-order valence-corrected chi connectivity index (χ1v) is 12.4. The van der Waals surface area contributed by atoms with Gasteiger partial charge in [-0.3, -0.25) is 19.2 Å². The van der Waals surface area contributed by atoms with Crippen LogP contribution in [-0.4, -0.2) is 37.5 Å². The maximum Gasteiger partial charge on any atom is 0.242 e. The zero-order valence-electron chi connectivity index (χ0n) is 22.4. The standard InChI is InChI=1S/C28H36FN5O2/c1-17(2)15-33-16-22(24(32-33)20-9-11-21(29)12-10-20)23-13-14-30-27(31-23)34(19(5)6)26(36)28(7,8)25(35)18(3)4/h9-14,16-19H,15H2,1-8H3. The van der Waals surface area contributed by atoms with Crippen LogP contribution in [0.3, 0.4) is 0 Å². The highest BCUT2D eigenvalue weighted by Gasteiger charge is 2.42. The normalized spacial score (nSPS) is 12.0. The molecule has 1 aromatic carbocycles. The molecule has 2 aromatic heterocycles. The van der Waals surface area contributed by atoms with E-state index in [1.54, 1.807) is 52.1 Å². The minimum atomic E-state index is -1.22. The molecule has 0 spiro atoms. The number of benzene rings is 1. The largest absolute Gasteiger partial charge is 0.298 e. The number of carbonyl (C=O) groups excluding carboxylic acids is 2. The van der Waals surface area contributed by atoms with Crippen LogP contribution >= 0.6 is 0 Å². The molecule has 0 bridgehead atoms. The van der Waals surface area contributed by atoms with Gasteiger partial charge in [0.05, 0.1) is 5.69 Å². The van der Waals surface area contributed by atoms with E-state index < -0.39 is 5.41 Å². The van der Waals surface area contributed by atoms with Crippen molar-refractivity contribution in [3.05, 3.63) is 48.5 Å². The molecule has 7 nitrogen and oxygen atoms in total. The zero-order valence-corrected chi connectivity index (χ0v) is 22.4. The van der Waals surface area contributed by atoms with Crippen LogP contribution in [0.2, 0.25) is 0 Å². The van der Waals surface area contributed by atoms with Crippen molar-refractivity contribution < 1.29 is 14.0 Å². The van der Waals surface area contributed by atoms with Crippen LogP contribution in [0.25, 0.3) is 22.5 Å². The van der Waals surface area contributed by atoms with Crippen LogP contribution in [0, 0.1) is 23.1 Å². The average molecular weight is 494 g/mol. The van der Waals surface area contributed by atoms with E-state index in [-0.39, 0.29) is 35.4 Å². The van der Waals surface area contributed by atoms with Gasteiger partial charge in [-0.25, -0.2) is 14.4 Å². The van der Waals surface area contributed by atoms with Crippen LogP contribution < -0.4 is 4.90 Å². The fourth-order valence-corrected chi connectivity index (χ4v) is 4.20. The molecule has 0 radical (unpaired) electrons. The van der Waals surface area contributed by atoms with Crippen molar-refractivity contribution in [3.63, 3.8) is 0 Å². The summed E-state index contributed by atoms with van der Waals surface area (Å²) >= 11 is 0. The van der Waals surface area contributed by atoms with E-state index in [4.69, 9.17) is 10.1 Å². The molecule has 0 N–H and O–H groups in total. The third-order valence-electron chi connectivity index (χ3n) is 5.98. The van der Waals surface area contributed by atoms with E-state index in [1.165, 1.54) is 17.0 Å². The summed E-state index contributed by atoms with van der Waals surface area (Å²) < 4.78 is 15.4. The Kier molecular flexibility index (Phi) is 8.06. The van der Waals surface area contributed by atoms with Gasteiger partial charge in [-0.05, 0) is 63.9 Å². The molecule has 1 amide bonds. The molecule has 0 atom stereocenters. The van der Waals surface area contributed by atoms with Crippen molar-refractivity contribution >= 4 is 17.6 Å². The minimum absolute atomic E-state index is 0.136. The van der Waals surface area contributed by atoms with E-state index in [0.717, 1.165) is 11.1 Å². The summed E-state index contributed by atoms with van der Waals surface area (Å²) in [5.74, 6) is -0.495. The summed E-state index contributed by atoms with van der Waals surface area (Å²) in [7, 11) is 0. The molecule has 0 unspecified atom stereocenters. The molecule has 3 aromatic rings. The van der Waals surface area contributed by atoms with Crippen molar-refractivity contribution in [2.75, 3.05) is 4.90 Å². The smallest absolute Gasteiger partial charge is 0.242 e. The lowest BCUT2D eigenvalue weighted by molar-refractivity contribution is -0.140. The van der Waals surface area contributed by atoms with E-state index in [2.05, 4.69) is 18.8 Å². The van der Waals surface area contributed by atoms with Crippen molar-refractivity contribution in [3.8, 4) is 22.5 Å². The fraction of sp³-hybridized carbons (Fsp3) is 0.464. The average Bonchev–Trinajstić information content (AvgIpc) is 3.22. The number of rotatable bonds is 9. The molecule has 0 aliphatic heterocycles. The van der Waals surface area contributed by atoms with Gasteiger partial charge >= 0.3 is 0 Å². The summed E-state index contributed by atoms with van der Waals surface area (Å²) in [4.78, 5) is 37.1. The topological polar surface area (TPSA) is 81.0 Å². The number of nitrogens with zero attached hydrogens (tertiary/aromatic N) is 5. The van der Waals surface area contributed by atoms with Crippen molar-refractivity contribution in [2.45, 2.75) is 68.0 Å². The van der Waals surface area contributed by atoms with Crippen molar-refractivity contribution in [1.82, 2.24) is 19.7 Å². The van der Waals surface area contributed by atoms with Gasteiger partial charge in [0.15, 0.2) is 0 Å². The minimum Gasteiger partial charge on any atom is -0.298 e. The predicted molar refractivity (Wildman–Crippen MR) is 140 cm³/mol. The fourth-order valence-electron chi connectivity index (χ4n) is 4.20. The molecule has 0 saturated carbocycles. The predicted octanol–water partition coefficient (Wildman–Crippen LogP) is 5.79. The molecule has 2 heterocycles.